The number of Topliss-reactive ketones (excluding diaryl/α,β-unsaturated/α-hetero) is 1. The fraction of sp³-hybridized carbons (Fsp3) is 0.611. The average Bonchev–Trinajstić information content (AvgIpc) is 2.48. The monoisotopic (exact) mass is 271 g/mol. The molecule has 2 nitrogen and oxygen atoms in total. The minimum absolute atomic E-state index is 0.335. The number of hydrogen-bond acceptors (Lipinski definition) is 2. The molecule has 2 unspecified atom stereocenters. The van der Waals surface area contributed by atoms with Gasteiger partial charge in [-0.2, -0.15) is 0 Å². The van der Waals surface area contributed by atoms with E-state index in [1.807, 2.05) is 6.07 Å². The predicted octanol–water partition coefficient (Wildman–Crippen LogP) is 3.50. The van der Waals surface area contributed by atoms with Crippen molar-refractivity contribution in [3.8, 4) is 0 Å². The first kappa shape index (κ1) is 13.8. The molecule has 1 aromatic carbocycles. The normalized spacial score (nSPS) is 29.1. The number of benzene rings is 1. The zero-order valence-electron chi connectivity index (χ0n) is 12.2. The van der Waals surface area contributed by atoms with Crippen molar-refractivity contribution in [2.24, 2.45) is 5.92 Å². The average molecular weight is 271 g/mol. The Morgan fingerprint density at radius 2 is 1.80 bits per heavy atom. The zero-order chi connectivity index (χ0) is 13.8. The number of ketones is 1. The van der Waals surface area contributed by atoms with Crippen molar-refractivity contribution in [2.75, 3.05) is 0 Å². The van der Waals surface area contributed by atoms with E-state index in [9.17, 15) is 4.79 Å². The number of aryl methyl sites for hydroxylation is 1. The first-order valence-electron chi connectivity index (χ1n) is 8.14. The molecule has 0 radical (unpaired) electrons. The third kappa shape index (κ3) is 3.49. The third-order valence-electron chi connectivity index (χ3n) is 4.90. The van der Waals surface area contributed by atoms with Gasteiger partial charge in [-0.05, 0) is 44.1 Å². The summed E-state index contributed by atoms with van der Waals surface area (Å²) in [5.74, 6) is 0.849. The molecule has 1 aromatic rings. The molecule has 2 aliphatic heterocycles. The summed E-state index contributed by atoms with van der Waals surface area (Å²) in [6.45, 7) is 0. The largest absolute Gasteiger partial charge is 0.311 e. The van der Waals surface area contributed by atoms with Crippen LogP contribution in [0.5, 0.6) is 0 Å². The number of fused-ring (bicyclic) bond motifs is 2. The van der Waals surface area contributed by atoms with Crippen molar-refractivity contribution in [1.82, 2.24) is 5.32 Å². The van der Waals surface area contributed by atoms with Crippen LogP contribution in [0.2, 0.25) is 0 Å². The summed E-state index contributed by atoms with van der Waals surface area (Å²) >= 11 is 0. The SMILES string of the molecule is O=C(CCCc1ccccc1)C1CC2CCCC(C1)N2. The lowest BCUT2D eigenvalue weighted by atomic mass is 9.77. The molecular weight excluding hydrogens is 246 g/mol. The second-order valence-electron chi connectivity index (χ2n) is 6.47. The van der Waals surface area contributed by atoms with Crippen LogP contribution in [0.3, 0.4) is 0 Å². The highest BCUT2D eigenvalue weighted by Gasteiger charge is 2.33. The summed E-state index contributed by atoms with van der Waals surface area (Å²) in [6, 6.07) is 11.7. The first-order chi connectivity index (χ1) is 9.81. The van der Waals surface area contributed by atoms with Crippen LogP contribution < -0.4 is 5.32 Å². The van der Waals surface area contributed by atoms with Crippen LogP contribution in [0, 0.1) is 5.92 Å². The molecule has 0 amide bonds. The quantitative estimate of drug-likeness (QED) is 0.888. The fourth-order valence-electron chi connectivity index (χ4n) is 3.84. The molecule has 3 rings (SSSR count). The van der Waals surface area contributed by atoms with Gasteiger partial charge in [0.25, 0.3) is 0 Å². The summed E-state index contributed by atoms with van der Waals surface area (Å²) in [6.07, 6.45) is 8.85. The van der Waals surface area contributed by atoms with Crippen molar-refractivity contribution < 1.29 is 4.79 Å². The highest BCUT2D eigenvalue weighted by molar-refractivity contribution is 5.81. The Morgan fingerprint density at radius 3 is 2.50 bits per heavy atom. The van der Waals surface area contributed by atoms with E-state index in [4.69, 9.17) is 0 Å². The van der Waals surface area contributed by atoms with Gasteiger partial charge < -0.3 is 5.32 Å². The molecule has 2 heteroatoms. The van der Waals surface area contributed by atoms with Crippen molar-refractivity contribution in [3.05, 3.63) is 35.9 Å². The number of carbonyl (C=O) groups excluding carboxylic acids is 1. The van der Waals surface area contributed by atoms with E-state index in [0.717, 1.165) is 32.1 Å². The lowest BCUT2D eigenvalue weighted by Gasteiger charge is -2.39. The van der Waals surface area contributed by atoms with E-state index in [2.05, 4.69) is 29.6 Å². The van der Waals surface area contributed by atoms with Crippen molar-refractivity contribution in [2.45, 2.75) is 63.5 Å². The Kier molecular flexibility index (Phi) is 4.51. The lowest BCUT2D eigenvalue weighted by molar-refractivity contribution is -0.124. The number of carbonyl (C=O) groups is 1. The summed E-state index contributed by atoms with van der Waals surface area (Å²) in [5, 5.41) is 3.67. The summed E-state index contributed by atoms with van der Waals surface area (Å²) in [4.78, 5) is 12.4. The number of hydrogen-bond donors (Lipinski definition) is 1. The maximum atomic E-state index is 12.4. The van der Waals surface area contributed by atoms with Gasteiger partial charge in [-0.15, -0.1) is 0 Å². The second-order valence-corrected chi connectivity index (χ2v) is 6.47. The maximum absolute atomic E-state index is 12.4. The molecule has 0 aromatic heterocycles. The van der Waals surface area contributed by atoms with Crippen LogP contribution >= 0.6 is 0 Å². The van der Waals surface area contributed by atoms with Gasteiger partial charge in [0, 0.05) is 24.4 Å². The van der Waals surface area contributed by atoms with Crippen LogP contribution in [0.15, 0.2) is 30.3 Å². The van der Waals surface area contributed by atoms with E-state index in [1.54, 1.807) is 0 Å². The molecule has 0 saturated carbocycles. The Balaban J connectivity index is 1.45. The Morgan fingerprint density at radius 1 is 1.10 bits per heavy atom. The third-order valence-corrected chi connectivity index (χ3v) is 4.90. The van der Waals surface area contributed by atoms with Gasteiger partial charge in [-0.1, -0.05) is 36.8 Å². The number of nitrogens with one attached hydrogen (secondary N) is 1. The topological polar surface area (TPSA) is 29.1 Å². The van der Waals surface area contributed by atoms with E-state index in [-0.39, 0.29) is 0 Å². The second kappa shape index (κ2) is 6.53. The molecule has 2 heterocycles. The maximum Gasteiger partial charge on any atom is 0.136 e. The van der Waals surface area contributed by atoms with Crippen LogP contribution in [0.25, 0.3) is 0 Å². The highest BCUT2D eigenvalue weighted by Crippen LogP contribution is 2.31. The molecule has 2 aliphatic rings. The summed E-state index contributed by atoms with van der Waals surface area (Å²) < 4.78 is 0. The zero-order valence-corrected chi connectivity index (χ0v) is 12.2. The fourth-order valence-corrected chi connectivity index (χ4v) is 3.84. The van der Waals surface area contributed by atoms with Crippen LogP contribution in [-0.4, -0.2) is 17.9 Å². The van der Waals surface area contributed by atoms with Crippen LogP contribution in [0.4, 0.5) is 0 Å². The summed E-state index contributed by atoms with van der Waals surface area (Å²) in [5.41, 5.74) is 1.35. The minimum atomic E-state index is 0.335. The molecule has 2 saturated heterocycles. The van der Waals surface area contributed by atoms with Crippen LogP contribution in [0.1, 0.15) is 50.5 Å². The molecule has 0 spiro atoms. The van der Waals surface area contributed by atoms with Crippen LogP contribution in [-0.2, 0) is 11.2 Å². The number of rotatable bonds is 5. The molecular formula is C18H25NO. The van der Waals surface area contributed by atoms with Crippen molar-refractivity contribution in [1.29, 1.82) is 0 Å². The van der Waals surface area contributed by atoms with Gasteiger partial charge >= 0.3 is 0 Å². The summed E-state index contributed by atoms with van der Waals surface area (Å²) in [7, 11) is 0. The van der Waals surface area contributed by atoms with Gasteiger partial charge in [0.2, 0.25) is 0 Å². The molecule has 2 atom stereocenters. The Bertz CT molecular complexity index is 430. The standard InChI is InChI=1S/C18H25NO/c20-18(11-4-8-14-6-2-1-3-7-14)15-12-16-9-5-10-17(13-15)19-16/h1-3,6-7,15-17,19H,4-5,8-13H2. The highest BCUT2D eigenvalue weighted by atomic mass is 16.1. The van der Waals surface area contributed by atoms with E-state index in [1.165, 1.54) is 24.8 Å². The molecule has 1 N–H and O–H groups in total. The Hall–Kier alpha value is -1.15. The van der Waals surface area contributed by atoms with E-state index < -0.39 is 0 Å². The molecule has 20 heavy (non-hydrogen) atoms. The Labute approximate surface area is 122 Å². The van der Waals surface area contributed by atoms with Gasteiger partial charge in [0.05, 0.1) is 0 Å². The van der Waals surface area contributed by atoms with Gasteiger partial charge in [0.1, 0.15) is 5.78 Å². The van der Waals surface area contributed by atoms with Gasteiger partial charge in [0.15, 0.2) is 0 Å². The van der Waals surface area contributed by atoms with Crippen molar-refractivity contribution in [3.63, 3.8) is 0 Å². The molecule has 108 valence electrons. The van der Waals surface area contributed by atoms with Crippen molar-refractivity contribution >= 4 is 5.78 Å². The number of piperidine rings is 2. The van der Waals surface area contributed by atoms with Gasteiger partial charge in [-0.3, -0.25) is 4.79 Å². The van der Waals surface area contributed by atoms with E-state index in [0.29, 0.717) is 23.8 Å². The van der Waals surface area contributed by atoms with E-state index >= 15 is 0 Å². The lowest BCUT2D eigenvalue weighted by Crippen LogP contribution is -2.50. The first-order valence-corrected chi connectivity index (χ1v) is 8.14. The predicted molar refractivity (Wildman–Crippen MR) is 81.7 cm³/mol. The smallest absolute Gasteiger partial charge is 0.136 e. The molecule has 2 fully saturated rings. The molecule has 0 aliphatic carbocycles. The minimum Gasteiger partial charge on any atom is -0.311 e. The van der Waals surface area contributed by atoms with Gasteiger partial charge in [-0.25, -0.2) is 0 Å². The molecule has 2 bridgehead atoms.